The van der Waals surface area contributed by atoms with Crippen molar-refractivity contribution in [1.82, 2.24) is 31.2 Å². The molecule has 13 nitrogen and oxygen atoms in total. The minimum absolute atomic E-state index is 0.0599. The van der Waals surface area contributed by atoms with E-state index in [1.807, 2.05) is 0 Å². The van der Waals surface area contributed by atoms with E-state index >= 15 is 0 Å². The number of nitrogens with two attached hydrogens (primary N) is 1. The molecule has 2 heterocycles. The highest BCUT2D eigenvalue weighted by molar-refractivity contribution is 5.95. The molecule has 1 aromatic heterocycles. The molecule has 3 unspecified atom stereocenters. The molecule has 0 aromatic carbocycles. The van der Waals surface area contributed by atoms with Crippen molar-refractivity contribution in [3.63, 3.8) is 0 Å². The first-order valence-electron chi connectivity index (χ1n) is 9.35. The van der Waals surface area contributed by atoms with Crippen molar-refractivity contribution in [2.24, 2.45) is 5.73 Å². The van der Waals surface area contributed by atoms with Crippen LogP contribution in [0.15, 0.2) is 12.5 Å². The van der Waals surface area contributed by atoms with Gasteiger partial charge in [-0.05, 0) is 19.4 Å². The first kappa shape index (κ1) is 22.8. The van der Waals surface area contributed by atoms with Gasteiger partial charge in [0, 0.05) is 18.3 Å². The topological polar surface area (TPSA) is 208 Å². The fraction of sp³-hybridized carbons (Fsp3) is 0.529. The molecular formula is C17H25N7O6. The van der Waals surface area contributed by atoms with Crippen molar-refractivity contribution in [2.45, 2.75) is 43.8 Å². The number of hydrogen-bond donors (Lipinski definition) is 7. The average molecular weight is 423 g/mol. The van der Waals surface area contributed by atoms with Crippen LogP contribution >= 0.6 is 0 Å². The molecule has 1 fully saturated rings. The molecule has 0 aliphatic carbocycles. The van der Waals surface area contributed by atoms with Crippen LogP contribution in [0.25, 0.3) is 0 Å². The molecule has 1 aliphatic heterocycles. The predicted molar refractivity (Wildman–Crippen MR) is 102 cm³/mol. The first-order valence-corrected chi connectivity index (χ1v) is 9.35. The van der Waals surface area contributed by atoms with Crippen molar-refractivity contribution in [2.75, 3.05) is 13.1 Å². The zero-order chi connectivity index (χ0) is 22.1. The summed E-state index contributed by atoms with van der Waals surface area (Å²) >= 11 is 0. The molecular weight excluding hydrogens is 398 g/mol. The number of carboxylic acids is 1. The zero-order valence-electron chi connectivity index (χ0n) is 16.1. The monoisotopic (exact) mass is 423 g/mol. The van der Waals surface area contributed by atoms with Crippen LogP contribution in [0.3, 0.4) is 0 Å². The van der Waals surface area contributed by atoms with E-state index in [-0.39, 0.29) is 12.3 Å². The number of H-pyrrole nitrogens is 1. The largest absolute Gasteiger partial charge is 0.480 e. The van der Waals surface area contributed by atoms with Crippen LogP contribution in [-0.2, 0) is 30.4 Å². The fourth-order valence-electron chi connectivity index (χ4n) is 2.97. The van der Waals surface area contributed by atoms with Gasteiger partial charge in [-0.25, -0.2) is 4.98 Å². The quantitative estimate of drug-likeness (QED) is 0.192. The lowest BCUT2D eigenvalue weighted by Crippen LogP contribution is -2.57. The number of primary amides is 1. The second-order valence-corrected chi connectivity index (χ2v) is 6.83. The Balaban J connectivity index is 2.09. The van der Waals surface area contributed by atoms with Gasteiger partial charge in [-0.3, -0.25) is 24.0 Å². The van der Waals surface area contributed by atoms with Gasteiger partial charge >= 0.3 is 5.97 Å². The Morgan fingerprint density at radius 2 is 1.97 bits per heavy atom. The van der Waals surface area contributed by atoms with E-state index in [0.29, 0.717) is 18.7 Å². The Morgan fingerprint density at radius 3 is 2.53 bits per heavy atom. The van der Waals surface area contributed by atoms with Gasteiger partial charge in [0.15, 0.2) is 0 Å². The van der Waals surface area contributed by atoms with Gasteiger partial charge in [-0.2, -0.15) is 0 Å². The number of imidazole rings is 1. The summed E-state index contributed by atoms with van der Waals surface area (Å²) in [5.74, 6) is -4.13. The predicted octanol–water partition coefficient (Wildman–Crippen LogP) is -3.25. The molecule has 1 aliphatic rings. The van der Waals surface area contributed by atoms with E-state index in [1.54, 1.807) is 0 Å². The van der Waals surface area contributed by atoms with E-state index in [1.165, 1.54) is 12.5 Å². The number of hydrogen-bond acceptors (Lipinski definition) is 7. The van der Waals surface area contributed by atoms with Gasteiger partial charge in [0.2, 0.25) is 23.6 Å². The fourth-order valence-corrected chi connectivity index (χ4v) is 2.97. The average Bonchev–Trinajstić information content (AvgIpc) is 3.38. The minimum Gasteiger partial charge on any atom is -0.480 e. The van der Waals surface area contributed by atoms with Crippen LogP contribution in [0, 0.1) is 0 Å². The Morgan fingerprint density at radius 1 is 1.20 bits per heavy atom. The van der Waals surface area contributed by atoms with E-state index in [4.69, 9.17) is 10.8 Å². The maximum absolute atomic E-state index is 12.8. The summed E-state index contributed by atoms with van der Waals surface area (Å²) in [6.07, 6.45) is 3.89. The van der Waals surface area contributed by atoms with Crippen LogP contribution in [0.5, 0.6) is 0 Å². The van der Waals surface area contributed by atoms with E-state index in [0.717, 1.165) is 6.42 Å². The lowest BCUT2D eigenvalue weighted by molar-refractivity contribution is -0.138. The van der Waals surface area contributed by atoms with Gasteiger partial charge in [0.1, 0.15) is 18.6 Å². The van der Waals surface area contributed by atoms with Crippen LogP contribution in [0.2, 0.25) is 0 Å². The number of aromatic nitrogens is 2. The number of aliphatic carboxylic acids is 1. The van der Waals surface area contributed by atoms with Crippen molar-refractivity contribution in [3.05, 3.63) is 18.2 Å². The maximum Gasteiger partial charge on any atom is 0.322 e. The summed E-state index contributed by atoms with van der Waals surface area (Å²) in [5, 5.41) is 18.8. The highest BCUT2D eigenvalue weighted by atomic mass is 16.4. The molecule has 3 atom stereocenters. The number of nitrogens with zero attached hydrogens (tertiary/aromatic N) is 1. The third-order valence-corrected chi connectivity index (χ3v) is 4.44. The van der Waals surface area contributed by atoms with Crippen molar-refractivity contribution in [1.29, 1.82) is 0 Å². The molecule has 0 radical (unpaired) electrons. The van der Waals surface area contributed by atoms with Crippen molar-refractivity contribution in [3.8, 4) is 0 Å². The first-order chi connectivity index (χ1) is 14.3. The second-order valence-electron chi connectivity index (χ2n) is 6.83. The number of carbonyl (C=O) groups is 5. The Kier molecular flexibility index (Phi) is 8.29. The van der Waals surface area contributed by atoms with E-state index in [9.17, 15) is 24.0 Å². The Bertz CT molecular complexity index is 776. The number of carbonyl (C=O) groups excluding carboxylic acids is 4. The van der Waals surface area contributed by atoms with Gasteiger partial charge in [-0.1, -0.05) is 0 Å². The molecule has 164 valence electrons. The Labute approximate surface area is 171 Å². The summed E-state index contributed by atoms with van der Waals surface area (Å²) in [4.78, 5) is 66.1. The number of carboxylic acid groups (broad SMARTS) is 1. The SMILES string of the molecule is NC(=O)CC(NC(=O)C(Cc1cnc[nH]1)NC(=O)C1CCCN1)C(=O)NCC(=O)O. The molecule has 4 amide bonds. The zero-order valence-corrected chi connectivity index (χ0v) is 16.1. The smallest absolute Gasteiger partial charge is 0.322 e. The van der Waals surface area contributed by atoms with Gasteiger partial charge in [-0.15, -0.1) is 0 Å². The van der Waals surface area contributed by atoms with Gasteiger partial charge < -0.3 is 37.1 Å². The summed E-state index contributed by atoms with van der Waals surface area (Å²) in [6, 6.07) is -2.88. The molecule has 8 N–H and O–H groups in total. The summed E-state index contributed by atoms with van der Waals surface area (Å²) in [7, 11) is 0. The summed E-state index contributed by atoms with van der Waals surface area (Å²) in [6.45, 7) is 0.00551. The van der Waals surface area contributed by atoms with Gasteiger partial charge in [0.05, 0.1) is 18.8 Å². The minimum atomic E-state index is -1.39. The van der Waals surface area contributed by atoms with Crippen molar-refractivity contribution < 1.29 is 29.1 Å². The molecule has 13 heteroatoms. The standard InChI is InChI=1S/C17H25N7O6/c18-13(25)5-12(15(28)21-7-14(26)27)24-17(30)11(4-9-6-19-8-22-9)23-16(29)10-2-1-3-20-10/h6,8,10-12,20H,1-5,7H2,(H2,18,25)(H,19,22)(H,21,28)(H,23,29)(H,24,30)(H,26,27). The third kappa shape index (κ3) is 7.16. The molecule has 0 bridgehead atoms. The normalized spacial score (nSPS) is 17.5. The number of rotatable bonds is 11. The van der Waals surface area contributed by atoms with Crippen LogP contribution in [0.1, 0.15) is 25.0 Å². The van der Waals surface area contributed by atoms with E-state index in [2.05, 4.69) is 31.2 Å². The third-order valence-electron chi connectivity index (χ3n) is 4.44. The highest BCUT2D eigenvalue weighted by Crippen LogP contribution is 2.07. The number of aromatic amines is 1. The van der Waals surface area contributed by atoms with Crippen LogP contribution < -0.4 is 27.0 Å². The lowest BCUT2D eigenvalue weighted by atomic mass is 10.1. The molecule has 0 saturated carbocycles. The van der Waals surface area contributed by atoms with Crippen LogP contribution in [-0.4, -0.2) is 75.9 Å². The highest BCUT2D eigenvalue weighted by Gasteiger charge is 2.31. The summed E-state index contributed by atoms with van der Waals surface area (Å²) < 4.78 is 0. The maximum atomic E-state index is 12.8. The molecule has 1 saturated heterocycles. The molecule has 0 spiro atoms. The molecule has 2 rings (SSSR count). The lowest BCUT2D eigenvalue weighted by Gasteiger charge is -2.23. The van der Waals surface area contributed by atoms with E-state index < -0.39 is 54.8 Å². The summed E-state index contributed by atoms with van der Waals surface area (Å²) in [5.41, 5.74) is 5.70. The second kappa shape index (κ2) is 10.9. The van der Waals surface area contributed by atoms with Gasteiger partial charge in [0.25, 0.3) is 0 Å². The van der Waals surface area contributed by atoms with Crippen molar-refractivity contribution >= 4 is 29.6 Å². The number of amides is 4. The Hall–Kier alpha value is -3.48. The number of nitrogens with one attached hydrogen (secondary N) is 5. The molecule has 1 aromatic rings. The van der Waals surface area contributed by atoms with Crippen LogP contribution in [0.4, 0.5) is 0 Å². The molecule has 30 heavy (non-hydrogen) atoms.